The van der Waals surface area contributed by atoms with Crippen LogP contribution in [0.4, 0.5) is 0 Å². The van der Waals surface area contributed by atoms with Gasteiger partial charge in [-0.15, -0.1) is 0 Å². The molecule has 3 rings (SSSR count). The zero-order valence-electron chi connectivity index (χ0n) is 48.0. The van der Waals surface area contributed by atoms with E-state index in [1.807, 2.05) is 48.5 Å². The molecular weight excluding hydrogens is 985 g/mol. The summed E-state index contributed by atoms with van der Waals surface area (Å²) in [5, 5.41) is 0. The van der Waals surface area contributed by atoms with E-state index in [1.165, 1.54) is 0 Å². The molecule has 3 heterocycles. The van der Waals surface area contributed by atoms with Crippen LogP contribution >= 0.6 is 0 Å². The third-order valence-electron chi connectivity index (χ3n) is 13.7. The van der Waals surface area contributed by atoms with E-state index in [0.717, 1.165) is 56.8 Å². The highest BCUT2D eigenvalue weighted by atomic mass is 16.7. The molecule has 3 unspecified atom stereocenters. The molecule has 432 valence electrons. The van der Waals surface area contributed by atoms with E-state index in [0.29, 0.717) is 62.8 Å². The van der Waals surface area contributed by atoms with Crippen molar-refractivity contribution in [1.29, 1.82) is 0 Å². The Balaban J connectivity index is 0.000000570. The molecule has 76 heavy (non-hydrogen) atoms. The summed E-state index contributed by atoms with van der Waals surface area (Å²) < 4.78 is 67.3. The predicted octanol–water partition coefficient (Wildman–Crippen LogP) is 9.45. The molecule has 0 radical (unpaired) electrons. The van der Waals surface area contributed by atoms with Crippen LogP contribution in [0, 0.1) is 32.5 Å². The van der Waals surface area contributed by atoms with Gasteiger partial charge in [-0.25, -0.2) is 28.8 Å². The number of carbonyl (C=O) groups is 6. The average Bonchev–Trinajstić information content (AvgIpc) is 3.41. The van der Waals surface area contributed by atoms with Gasteiger partial charge in [0.2, 0.25) is 0 Å². The molecule has 0 bridgehead atoms. The largest absolute Gasteiger partial charge is 0.462 e. The first-order chi connectivity index (χ1) is 35.6. The lowest BCUT2D eigenvalue weighted by Gasteiger charge is -2.45. The summed E-state index contributed by atoms with van der Waals surface area (Å²) in [5.74, 6) is -2.63. The summed E-state index contributed by atoms with van der Waals surface area (Å²) in [5.41, 5.74) is -1.48. The van der Waals surface area contributed by atoms with Gasteiger partial charge >= 0.3 is 35.8 Å². The molecule has 0 spiro atoms. The SMILES string of the molecule is C=CC(=O)OCC1(C)COC(C(C)(CCC)COC(=O)C(=C)C)OC1.C=CC(=O)OCC1(CC)COC(C(C)(CC)COC(=O)C(=C)C)OC1.C=CC(=O)OCC1(CC)COC(C(C)(CCC)COC(=O)C(=C)C)OC1. The molecule has 18 nitrogen and oxygen atoms in total. The van der Waals surface area contributed by atoms with Crippen molar-refractivity contribution in [2.75, 3.05) is 79.3 Å². The maximum atomic E-state index is 11.7. The Labute approximate surface area is 453 Å². The maximum Gasteiger partial charge on any atom is 0.333 e. The van der Waals surface area contributed by atoms with Gasteiger partial charge in [0.15, 0.2) is 18.9 Å². The van der Waals surface area contributed by atoms with Gasteiger partial charge in [-0.3, -0.25) is 0 Å². The van der Waals surface area contributed by atoms with Crippen LogP contribution in [0.3, 0.4) is 0 Å². The van der Waals surface area contributed by atoms with E-state index < -0.39 is 76.3 Å². The molecule has 3 atom stereocenters. The molecule has 0 saturated carbocycles. The Morgan fingerprint density at radius 3 is 1.01 bits per heavy atom. The highest BCUT2D eigenvalue weighted by Gasteiger charge is 2.47. The Kier molecular flexibility index (Phi) is 29.7. The topological polar surface area (TPSA) is 213 Å². The van der Waals surface area contributed by atoms with Crippen LogP contribution in [0.1, 0.15) is 128 Å². The second-order valence-corrected chi connectivity index (χ2v) is 21.7. The molecule has 0 aromatic carbocycles. The monoisotopic (exact) mass is 1080 g/mol. The van der Waals surface area contributed by atoms with E-state index in [2.05, 4.69) is 53.3 Å². The molecule has 0 N–H and O–H groups in total. The van der Waals surface area contributed by atoms with E-state index >= 15 is 0 Å². The molecule has 0 aromatic rings. The molecule has 18 heteroatoms. The summed E-state index contributed by atoms with van der Waals surface area (Å²) in [6, 6.07) is 0. The molecule has 0 aromatic heterocycles. The van der Waals surface area contributed by atoms with Crippen LogP contribution in [0.2, 0.25) is 0 Å². The average molecular weight is 1080 g/mol. The van der Waals surface area contributed by atoms with Gasteiger partial charge in [-0.05, 0) is 52.9 Å². The van der Waals surface area contributed by atoms with Crippen molar-refractivity contribution in [2.24, 2.45) is 32.5 Å². The number of esters is 6. The number of ether oxygens (including phenoxy) is 12. The second kappa shape index (κ2) is 32.7. The van der Waals surface area contributed by atoms with Gasteiger partial charge in [0.1, 0.15) is 39.6 Å². The van der Waals surface area contributed by atoms with Crippen molar-refractivity contribution in [2.45, 2.75) is 147 Å². The minimum atomic E-state index is -0.495. The van der Waals surface area contributed by atoms with Crippen molar-refractivity contribution in [3.8, 4) is 0 Å². The van der Waals surface area contributed by atoms with Gasteiger partial charge in [0.05, 0.1) is 66.7 Å². The highest BCUT2D eigenvalue weighted by Crippen LogP contribution is 2.40. The van der Waals surface area contributed by atoms with Gasteiger partial charge in [0.25, 0.3) is 0 Å². The molecule has 3 aliphatic heterocycles. The fraction of sp³-hybridized carbons (Fsp3) is 0.690. The third-order valence-corrected chi connectivity index (χ3v) is 13.7. The number of hydrogen-bond donors (Lipinski definition) is 0. The highest BCUT2D eigenvalue weighted by molar-refractivity contribution is 5.88. The summed E-state index contributed by atoms with van der Waals surface area (Å²) in [6.45, 7) is 47.4. The standard InChI is InChI=1S/C20H32O6.2C19H30O6/c1-7-10-19(6,11-24-17(22)15(4)5)18-25-13-20(9-3,14-26-18)12-23-16(21)8-2;1-7-9-19(6,13-23-16(21)14(3)4)17-24-11-18(5,12-25-17)10-22-15(20)8-2;1-7-15(20)22-11-19(9-3)12-24-17(25-13-19)18(6,8-2)10-23-16(21)14(4)5/h8,18H,2,4,7,9-14H2,1,3,5-6H3;8,17H,2-3,7,9-13H2,1,4-6H3;7,17H,1,4,8-13H2,2-3,5-6H3. The smallest absolute Gasteiger partial charge is 0.333 e. The van der Waals surface area contributed by atoms with Crippen LogP contribution in [0.5, 0.6) is 0 Å². The minimum absolute atomic E-state index is 0.185. The Hall–Kier alpha value is -4.98. The quantitative estimate of drug-likeness (QED) is 0.0405. The number of carbonyl (C=O) groups excluding carboxylic acids is 6. The van der Waals surface area contributed by atoms with Gasteiger partial charge in [-0.2, -0.15) is 0 Å². The second-order valence-electron chi connectivity index (χ2n) is 21.7. The lowest BCUT2D eigenvalue weighted by atomic mass is 9.82. The fourth-order valence-corrected chi connectivity index (χ4v) is 7.83. The molecule has 0 amide bonds. The van der Waals surface area contributed by atoms with Crippen molar-refractivity contribution in [3.05, 3.63) is 74.4 Å². The Bertz CT molecular complexity index is 1970. The van der Waals surface area contributed by atoms with Crippen LogP contribution in [-0.2, 0) is 85.6 Å². The zero-order valence-corrected chi connectivity index (χ0v) is 48.0. The first kappa shape index (κ1) is 69.0. The predicted molar refractivity (Wildman–Crippen MR) is 286 cm³/mol. The summed E-state index contributed by atoms with van der Waals surface area (Å²) in [7, 11) is 0. The third kappa shape index (κ3) is 22.2. The lowest BCUT2D eigenvalue weighted by molar-refractivity contribution is -0.285. The molecule has 3 saturated heterocycles. The van der Waals surface area contributed by atoms with Crippen LogP contribution in [0.25, 0.3) is 0 Å². The van der Waals surface area contributed by atoms with E-state index in [1.54, 1.807) is 20.8 Å². The van der Waals surface area contributed by atoms with Crippen LogP contribution < -0.4 is 0 Å². The first-order valence-corrected chi connectivity index (χ1v) is 26.1. The molecule has 3 fully saturated rings. The van der Waals surface area contributed by atoms with Crippen molar-refractivity contribution in [1.82, 2.24) is 0 Å². The molecule has 0 aliphatic carbocycles. The Morgan fingerprint density at radius 1 is 0.474 bits per heavy atom. The van der Waals surface area contributed by atoms with Crippen molar-refractivity contribution in [3.63, 3.8) is 0 Å². The van der Waals surface area contributed by atoms with Gasteiger partial charge in [0, 0.05) is 40.4 Å². The van der Waals surface area contributed by atoms with Gasteiger partial charge in [-0.1, -0.05) is 115 Å². The Morgan fingerprint density at radius 2 is 0.750 bits per heavy atom. The van der Waals surface area contributed by atoms with E-state index in [4.69, 9.17) is 56.8 Å². The first-order valence-electron chi connectivity index (χ1n) is 26.1. The van der Waals surface area contributed by atoms with Gasteiger partial charge < -0.3 is 56.8 Å². The maximum absolute atomic E-state index is 11.7. The number of rotatable bonds is 28. The fourth-order valence-electron chi connectivity index (χ4n) is 7.83. The lowest BCUT2D eigenvalue weighted by Crippen LogP contribution is -2.51. The van der Waals surface area contributed by atoms with Crippen LogP contribution in [-0.4, -0.2) is 134 Å². The molecule has 3 aliphatic rings. The van der Waals surface area contributed by atoms with E-state index in [9.17, 15) is 28.8 Å². The zero-order chi connectivity index (χ0) is 58.0. The summed E-state index contributed by atoms with van der Waals surface area (Å²) in [4.78, 5) is 69.0. The van der Waals surface area contributed by atoms with Crippen molar-refractivity contribution >= 4 is 35.8 Å². The molecular formula is C58H92O18. The number of hydrogen-bond acceptors (Lipinski definition) is 18. The summed E-state index contributed by atoms with van der Waals surface area (Å²) in [6.07, 6.45) is 7.52. The summed E-state index contributed by atoms with van der Waals surface area (Å²) >= 11 is 0. The van der Waals surface area contributed by atoms with Crippen molar-refractivity contribution < 1.29 is 85.6 Å². The van der Waals surface area contributed by atoms with Crippen LogP contribution in [0.15, 0.2) is 74.4 Å². The minimum Gasteiger partial charge on any atom is -0.462 e. The van der Waals surface area contributed by atoms with E-state index in [-0.39, 0.29) is 50.5 Å². The normalized spacial score (nSPS) is 25.3.